The van der Waals surface area contributed by atoms with Crippen molar-refractivity contribution in [2.75, 3.05) is 7.11 Å². The second kappa shape index (κ2) is 10.3. The summed E-state index contributed by atoms with van der Waals surface area (Å²) in [5.74, 6) is 5.18. The van der Waals surface area contributed by atoms with Gasteiger partial charge in [0.1, 0.15) is 12.3 Å². The summed E-state index contributed by atoms with van der Waals surface area (Å²) >= 11 is 3.40. The Hall–Kier alpha value is -3.11. The summed E-state index contributed by atoms with van der Waals surface area (Å²) < 4.78 is 5.61. The number of esters is 1. The Morgan fingerprint density at radius 2 is 2.00 bits per heavy atom. The lowest BCUT2D eigenvalue weighted by Gasteiger charge is -2.11. The fourth-order valence-corrected chi connectivity index (χ4v) is 2.76. The molecule has 7 heteroatoms. The lowest BCUT2D eigenvalue weighted by molar-refractivity contribution is -0.132. The summed E-state index contributed by atoms with van der Waals surface area (Å²) in [5.41, 5.74) is 3.10. The highest BCUT2D eigenvalue weighted by Gasteiger charge is 2.20. The predicted octanol–water partition coefficient (Wildman–Crippen LogP) is 4.05. The van der Waals surface area contributed by atoms with E-state index in [2.05, 4.69) is 42.8 Å². The summed E-state index contributed by atoms with van der Waals surface area (Å²) in [4.78, 5) is 17.2. The molecule has 28 heavy (non-hydrogen) atoms. The molecule has 0 aliphatic heterocycles. The first kappa shape index (κ1) is 21.2. The Kier molecular flexibility index (Phi) is 7.78. The molecule has 0 spiro atoms. The Morgan fingerprint density at radius 3 is 2.68 bits per heavy atom. The van der Waals surface area contributed by atoms with E-state index in [1.54, 1.807) is 19.1 Å². The molecule has 0 aromatic heterocycles. The third-order valence-corrected chi connectivity index (χ3v) is 4.26. The van der Waals surface area contributed by atoms with E-state index in [0.717, 1.165) is 15.6 Å². The Labute approximate surface area is 172 Å². The van der Waals surface area contributed by atoms with Gasteiger partial charge >= 0.3 is 5.97 Å². The second-order valence-electron chi connectivity index (χ2n) is 5.75. The molecule has 0 saturated carbocycles. The number of nitrogens with zero attached hydrogens (tertiary/aromatic N) is 2. The number of hydrogen-bond donors (Lipinski definition) is 1. The summed E-state index contributed by atoms with van der Waals surface area (Å²) in [6.45, 7) is 3.67. The standard InChI is InChI=1S/C21H19BrN2O4/c1-14-6-4-9-18(20(23-26)21(25)27-3)19(14)13-28-24-15(2)10-11-16-7-5-8-17(22)12-16/h4-9,12,26H,13H2,1-3H3/b23-20+,24-15+. The molecule has 144 valence electrons. The van der Waals surface area contributed by atoms with Gasteiger partial charge in [0, 0.05) is 21.2 Å². The van der Waals surface area contributed by atoms with Crippen LogP contribution in [-0.4, -0.2) is 29.7 Å². The van der Waals surface area contributed by atoms with Crippen LogP contribution in [-0.2, 0) is 21.0 Å². The van der Waals surface area contributed by atoms with Crippen molar-refractivity contribution in [3.63, 3.8) is 0 Å². The highest BCUT2D eigenvalue weighted by Crippen LogP contribution is 2.17. The molecule has 0 bridgehead atoms. The molecule has 0 fully saturated rings. The van der Waals surface area contributed by atoms with Crippen molar-refractivity contribution >= 4 is 33.3 Å². The molecular formula is C21H19BrN2O4. The Morgan fingerprint density at radius 1 is 1.25 bits per heavy atom. The molecule has 6 nitrogen and oxygen atoms in total. The molecule has 0 radical (unpaired) electrons. The van der Waals surface area contributed by atoms with Gasteiger partial charge in [-0.3, -0.25) is 0 Å². The van der Waals surface area contributed by atoms with Crippen molar-refractivity contribution in [2.45, 2.75) is 20.5 Å². The smallest absolute Gasteiger partial charge is 0.360 e. The minimum Gasteiger partial charge on any atom is -0.464 e. The van der Waals surface area contributed by atoms with Crippen molar-refractivity contribution in [1.82, 2.24) is 0 Å². The highest BCUT2D eigenvalue weighted by atomic mass is 79.9. The van der Waals surface area contributed by atoms with Gasteiger partial charge in [0.05, 0.1) is 7.11 Å². The number of oxime groups is 2. The van der Waals surface area contributed by atoms with Gasteiger partial charge in [-0.05, 0) is 43.5 Å². The van der Waals surface area contributed by atoms with Gasteiger partial charge in [-0.25, -0.2) is 4.79 Å². The van der Waals surface area contributed by atoms with E-state index < -0.39 is 5.97 Å². The largest absolute Gasteiger partial charge is 0.464 e. The molecule has 0 heterocycles. The van der Waals surface area contributed by atoms with Crippen LogP contribution < -0.4 is 0 Å². The maximum Gasteiger partial charge on any atom is 0.360 e. The third kappa shape index (κ3) is 5.69. The summed E-state index contributed by atoms with van der Waals surface area (Å²) in [5, 5.41) is 16.3. The minimum absolute atomic E-state index is 0.0773. The van der Waals surface area contributed by atoms with Crippen molar-refractivity contribution in [1.29, 1.82) is 0 Å². The predicted molar refractivity (Wildman–Crippen MR) is 110 cm³/mol. The third-order valence-electron chi connectivity index (χ3n) is 3.77. The first-order valence-corrected chi connectivity index (χ1v) is 9.09. The van der Waals surface area contributed by atoms with Crippen LogP contribution in [0.15, 0.2) is 57.2 Å². The molecule has 0 unspecified atom stereocenters. The number of hydrogen-bond acceptors (Lipinski definition) is 6. The maximum absolute atomic E-state index is 11.8. The number of ether oxygens (including phenoxy) is 1. The van der Waals surface area contributed by atoms with Gasteiger partial charge in [0.2, 0.25) is 0 Å². The van der Waals surface area contributed by atoms with Gasteiger partial charge < -0.3 is 14.8 Å². The second-order valence-corrected chi connectivity index (χ2v) is 6.67. The van der Waals surface area contributed by atoms with Crippen LogP contribution in [0.5, 0.6) is 0 Å². The summed E-state index contributed by atoms with van der Waals surface area (Å²) in [6.07, 6.45) is 0. The first-order chi connectivity index (χ1) is 13.5. The summed E-state index contributed by atoms with van der Waals surface area (Å²) in [7, 11) is 1.22. The van der Waals surface area contributed by atoms with Gasteiger partial charge in [-0.2, -0.15) is 0 Å². The zero-order valence-electron chi connectivity index (χ0n) is 15.7. The van der Waals surface area contributed by atoms with Crippen molar-refractivity contribution in [3.8, 4) is 11.8 Å². The van der Waals surface area contributed by atoms with E-state index in [0.29, 0.717) is 16.8 Å². The topological polar surface area (TPSA) is 80.5 Å². The maximum atomic E-state index is 11.8. The van der Waals surface area contributed by atoms with Crippen LogP contribution in [0, 0.1) is 18.8 Å². The lowest BCUT2D eigenvalue weighted by atomic mass is 9.99. The first-order valence-electron chi connectivity index (χ1n) is 8.29. The van der Waals surface area contributed by atoms with Gasteiger partial charge in [0.25, 0.3) is 0 Å². The van der Waals surface area contributed by atoms with Crippen LogP contribution in [0.4, 0.5) is 0 Å². The number of methoxy groups -OCH3 is 1. The summed E-state index contributed by atoms with van der Waals surface area (Å²) in [6, 6.07) is 12.9. The van der Waals surface area contributed by atoms with E-state index in [1.807, 2.05) is 37.3 Å². The molecular weight excluding hydrogens is 424 g/mol. The Bertz CT molecular complexity index is 987. The molecule has 2 rings (SSSR count). The molecule has 0 atom stereocenters. The molecule has 0 aliphatic rings. The van der Waals surface area contributed by atoms with Crippen LogP contribution in [0.3, 0.4) is 0 Å². The van der Waals surface area contributed by atoms with Crippen LogP contribution >= 0.6 is 15.9 Å². The van der Waals surface area contributed by atoms with E-state index in [1.165, 1.54) is 7.11 Å². The van der Waals surface area contributed by atoms with Crippen LogP contribution in [0.2, 0.25) is 0 Å². The zero-order chi connectivity index (χ0) is 20.5. The molecule has 1 N–H and O–H groups in total. The number of benzene rings is 2. The van der Waals surface area contributed by atoms with Crippen molar-refractivity contribution in [2.24, 2.45) is 10.3 Å². The zero-order valence-corrected chi connectivity index (χ0v) is 17.3. The average molecular weight is 443 g/mol. The van der Waals surface area contributed by atoms with Gasteiger partial charge in [-0.15, -0.1) is 0 Å². The Balaban J connectivity index is 2.17. The lowest BCUT2D eigenvalue weighted by Crippen LogP contribution is -2.19. The number of carbonyl (C=O) groups excluding carboxylic acids is 1. The van der Waals surface area contributed by atoms with E-state index in [9.17, 15) is 10.0 Å². The van der Waals surface area contributed by atoms with E-state index >= 15 is 0 Å². The fourth-order valence-electron chi connectivity index (χ4n) is 2.36. The normalized spacial score (nSPS) is 11.4. The fraction of sp³-hybridized carbons (Fsp3) is 0.190. The quantitative estimate of drug-likeness (QED) is 0.249. The molecule has 0 saturated heterocycles. The minimum atomic E-state index is -0.742. The van der Waals surface area contributed by atoms with Gasteiger partial charge in [-0.1, -0.05) is 56.4 Å². The van der Waals surface area contributed by atoms with Crippen LogP contribution in [0.25, 0.3) is 0 Å². The number of rotatable bonds is 5. The molecule has 2 aromatic rings. The average Bonchev–Trinajstić information content (AvgIpc) is 2.68. The monoisotopic (exact) mass is 442 g/mol. The van der Waals surface area contributed by atoms with Crippen LogP contribution in [0.1, 0.15) is 29.2 Å². The highest BCUT2D eigenvalue weighted by molar-refractivity contribution is 9.10. The molecule has 2 aromatic carbocycles. The SMILES string of the molecule is COC(=O)/C(=N/O)c1cccc(C)c1CO/N=C(\C)C#Cc1cccc(Br)c1. The molecule has 0 amide bonds. The van der Waals surface area contributed by atoms with Gasteiger partial charge in [0.15, 0.2) is 5.71 Å². The van der Waals surface area contributed by atoms with E-state index in [4.69, 9.17) is 4.84 Å². The number of aryl methyl sites for hydroxylation is 1. The number of carbonyl (C=O) groups is 1. The number of halogens is 1. The van der Waals surface area contributed by atoms with Crippen molar-refractivity contribution in [3.05, 3.63) is 69.2 Å². The molecule has 0 aliphatic carbocycles. The van der Waals surface area contributed by atoms with E-state index in [-0.39, 0.29) is 12.3 Å². The van der Waals surface area contributed by atoms with Crippen molar-refractivity contribution < 1.29 is 19.6 Å².